The summed E-state index contributed by atoms with van der Waals surface area (Å²) in [7, 11) is 0. The van der Waals surface area contributed by atoms with Gasteiger partial charge in [-0.25, -0.2) is 0 Å². The highest BCUT2D eigenvalue weighted by molar-refractivity contribution is 7.80. The molecule has 10 heteroatoms. The van der Waals surface area contributed by atoms with Crippen LogP contribution < -0.4 is 10.6 Å². The summed E-state index contributed by atoms with van der Waals surface area (Å²) < 4.78 is 5.70. The number of benzene rings is 1. The van der Waals surface area contributed by atoms with Crippen molar-refractivity contribution in [3.05, 3.63) is 53.3 Å². The molecule has 8 nitrogen and oxygen atoms in total. The van der Waals surface area contributed by atoms with Crippen LogP contribution in [0, 0.1) is 0 Å². The lowest BCUT2D eigenvalue weighted by atomic mass is 10.2. The van der Waals surface area contributed by atoms with Gasteiger partial charge in [-0.05, 0) is 66.3 Å². The van der Waals surface area contributed by atoms with Gasteiger partial charge in [-0.2, -0.15) is 4.80 Å². The van der Waals surface area contributed by atoms with Crippen LogP contribution in [-0.4, -0.2) is 31.2 Å². The summed E-state index contributed by atoms with van der Waals surface area (Å²) in [6, 6.07) is 10.9. The van der Waals surface area contributed by atoms with E-state index in [1.807, 2.05) is 25.1 Å². The van der Waals surface area contributed by atoms with Crippen LogP contribution in [-0.2, 0) is 11.3 Å². The maximum absolute atomic E-state index is 12.0. The lowest BCUT2D eigenvalue weighted by molar-refractivity contribution is -0.115. The number of hydrogen-bond donors (Lipinski definition) is 2. The zero-order chi connectivity index (χ0) is 19.9. The number of halogens is 1. The maximum Gasteiger partial charge on any atom is 0.269 e. The summed E-state index contributed by atoms with van der Waals surface area (Å²) in [5.41, 5.74) is 0.891. The number of amides is 1. The zero-order valence-corrected chi connectivity index (χ0v) is 16.5. The Balaban J connectivity index is 1.53. The van der Waals surface area contributed by atoms with E-state index in [9.17, 15) is 4.79 Å². The number of aromatic nitrogens is 4. The molecular weight excluding hydrogens is 400 g/mol. The second-order valence-corrected chi connectivity index (χ2v) is 6.54. The third-order valence-electron chi connectivity index (χ3n) is 3.49. The van der Waals surface area contributed by atoms with E-state index >= 15 is 0 Å². The molecule has 144 valence electrons. The molecule has 0 spiro atoms. The minimum Gasteiger partial charge on any atom is -0.457 e. The molecule has 0 aliphatic heterocycles. The number of carbonyl (C=O) groups excluding carboxylic acids is 1. The maximum atomic E-state index is 12.0. The van der Waals surface area contributed by atoms with Gasteiger partial charge in [0, 0.05) is 16.7 Å². The minimum absolute atomic E-state index is 0.0759. The lowest BCUT2D eigenvalue weighted by Gasteiger charge is -2.03. The molecule has 0 bridgehead atoms. The van der Waals surface area contributed by atoms with E-state index in [1.165, 1.54) is 10.9 Å². The van der Waals surface area contributed by atoms with Crippen LogP contribution in [0.25, 0.3) is 17.4 Å². The van der Waals surface area contributed by atoms with Crippen molar-refractivity contribution in [2.75, 3.05) is 5.32 Å². The number of carbonyl (C=O) groups is 1. The molecule has 3 rings (SSSR count). The summed E-state index contributed by atoms with van der Waals surface area (Å²) in [4.78, 5) is 13.4. The van der Waals surface area contributed by atoms with Crippen molar-refractivity contribution in [2.45, 2.75) is 19.9 Å². The van der Waals surface area contributed by atoms with E-state index in [2.05, 4.69) is 26.0 Å². The van der Waals surface area contributed by atoms with Crippen LogP contribution in [0.5, 0.6) is 0 Å². The Morgan fingerprint density at radius 1 is 1.29 bits per heavy atom. The van der Waals surface area contributed by atoms with Gasteiger partial charge in [0.05, 0.1) is 6.54 Å². The lowest BCUT2D eigenvalue weighted by Crippen LogP contribution is -2.33. The van der Waals surface area contributed by atoms with Gasteiger partial charge < -0.3 is 4.42 Å². The number of aryl methyl sites for hydroxylation is 1. The topological polar surface area (TPSA) is 97.9 Å². The highest BCUT2D eigenvalue weighted by Crippen LogP contribution is 2.24. The van der Waals surface area contributed by atoms with E-state index in [1.54, 1.807) is 24.3 Å². The van der Waals surface area contributed by atoms with E-state index in [0.29, 0.717) is 23.1 Å². The number of nitrogens with one attached hydrogen (secondary N) is 2. The standard InChI is InChI=1S/C18H17ClN6O2S/c1-2-11-25-23-17(22-24-25)21-18(28)20-16(26)10-8-14-7-9-15(27-14)12-3-5-13(19)6-4-12/h3-10H,2,11H2,1H3,(H2,20,21,23,26,28)/b10-8+. The Morgan fingerprint density at radius 3 is 2.82 bits per heavy atom. The molecule has 1 aromatic carbocycles. The molecule has 0 atom stereocenters. The van der Waals surface area contributed by atoms with Crippen LogP contribution in [0.15, 0.2) is 46.9 Å². The monoisotopic (exact) mass is 416 g/mol. The Hall–Kier alpha value is -3.04. The summed E-state index contributed by atoms with van der Waals surface area (Å²) in [5.74, 6) is 1.02. The molecular formula is C18H17ClN6O2S. The van der Waals surface area contributed by atoms with Gasteiger partial charge in [-0.3, -0.25) is 15.4 Å². The zero-order valence-electron chi connectivity index (χ0n) is 14.9. The Bertz CT molecular complexity index is 996. The van der Waals surface area contributed by atoms with E-state index < -0.39 is 5.91 Å². The van der Waals surface area contributed by atoms with Crippen molar-refractivity contribution < 1.29 is 9.21 Å². The van der Waals surface area contributed by atoms with Crippen LogP contribution in [0.3, 0.4) is 0 Å². The summed E-state index contributed by atoms with van der Waals surface area (Å²) in [6.07, 6.45) is 3.75. The molecule has 0 saturated heterocycles. The second kappa shape index (κ2) is 9.25. The molecule has 2 N–H and O–H groups in total. The molecule has 2 aromatic heterocycles. The number of furan rings is 1. The molecule has 2 heterocycles. The third-order valence-corrected chi connectivity index (χ3v) is 3.95. The third kappa shape index (κ3) is 5.48. The van der Waals surface area contributed by atoms with Crippen LogP contribution >= 0.6 is 23.8 Å². The van der Waals surface area contributed by atoms with Crippen molar-refractivity contribution in [1.82, 2.24) is 25.5 Å². The van der Waals surface area contributed by atoms with Gasteiger partial charge in [0.1, 0.15) is 11.5 Å². The number of tetrazole rings is 1. The normalized spacial score (nSPS) is 10.9. The highest BCUT2D eigenvalue weighted by atomic mass is 35.5. The fourth-order valence-electron chi connectivity index (χ4n) is 2.24. The highest BCUT2D eigenvalue weighted by Gasteiger charge is 2.07. The van der Waals surface area contributed by atoms with E-state index in [0.717, 1.165) is 12.0 Å². The van der Waals surface area contributed by atoms with Gasteiger partial charge in [-0.15, -0.1) is 5.10 Å². The minimum atomic E-state index is -0.414. The first-order valence-electron chi connectivity index (χ1n) is 8.47. The molecule has 1 amide bonds. The van der Waals surface area contributed by atoms with Crippen LogP contribution in [0.2, 0.25) is 5.02 Å². The first-order chi connectivity index (χ1) is 13.5. The Labute approximate surface area is 171 Å². The number of thiocarbonyl (C=S) groups is 1. The average Bonchev–Trinajstić information content (AvgIpc) is 3.30. The molecule has 0 fully saturated rings. The molecule has 3 aromatic rings. The summed E-state index contributed by atoms with van der Waals surface area (Å²) >= 11 is 10.9. The summed E-state index contributed by atoms with van der Waals surface area (Å²) in [6.45, 7) is 2.66. The fraction of sp³-hybridized carbons (Fsp3) is 0.167. The molecule has 0 unspecified atom stereocenters. The Morgan fingerprint density at radius 2 is 2.07 bits per heavy atom. The van der Waals surface area contributed by atoms with Gasteiger partial charge in [0.2, 0.25) is 5.91 Å². The van der Waals surface area contributed by atoms with Crippen molar-refractivity contribution >= 4 is 46.9 Å². The Kier molecular flexibility index (Phi) is 6.51. The number of nitrogens with zero attached hydrogens (tertiary/aromatic N) is 4. The average molecular weight is 417 g/mol. The van der Waals surface area contributed by atoms with E-state index in [-0.39, 0.29) is 11.1 Å². The SMILES string of the molecule is CCCn1nnc(NC(=S)NC(=O)/C=C/c2ccc(-c3ccc(Cl)cc3)o2)n1. The molecule has 0 aliphatic rings. The molecule has 28 heavy (non-hydrogen) atoms. The molecule has 0 aliphatic carbocycles. The van der Waals surface area contributed by atoms with Gasteiger partial charge >= 0.3 is 0 Å². The molecule has 0 radical (unpaired) electrons. The van der Waals surface area contributed by atoms with Gasteiger partial charge in [-0.1, -0.05) is 23.6 Å². The van der Waals surface area contributed by atoms with Crippen LogP contribution in [0.4, 0.5) is 5.95 Å². The van der Waals surface area contributed by atoms with Crippen LogP contribution in [0.1, 0.15) is 19.1 Å². The largest absolute Gasteiger partial charge is 0.457 e. The number of rotatable bonds is 6. The number of hydrogen-bond acceptors (Lipinski definition) is 6. The molecule has 0 saturated carbocycles. The van der Waals surface area contributed by atoms with Crippen molar-refractivity contribution in [1.29, 1.82) is 0 Å². The van der Waals surface area contributed by atoms with E-state index in [4.69, 9.17) is 28.2 Å². The van der Waals surface area contributed by atoms with Crippen molar-refractivity contribution in [2.24, 2.45) is 0 Å². The first kappa shape index (κ1) is 19.7. The van der Waals surface area contributed by atoms with Crippen molar-refractivity contribution in [3.63, 3.8) is 0 Å². The second-order valence-electron chi connectivity index (χ2n) is 5.69. The summed E-state index contributed by atoms with van der Waals surface area (Å²) in [5, 5.41) is 17.7. The first-order valence-corrected chi connectivity index (χ1v) is 9.25. The van der Waals surface area contributed by atoms with Gasteiger partial charge in [0.25, 0.3) is 5.95 Å². The van der Waals surface area contributed by atoms with Crippen molar-refractivity contribution in [3.8, 4) is 11.3 Å². The smallest absolute Gasteiger partial charge is 0.269 e. The fourth-order valence-corrected chi connectivity index (χ4v) is 2.56. The predicted octanol–water partition coefficient (Wildman–Crippen LogP) is 3.52. The van der Waals surface area contributed by atoms with Gasteiger partial charge in [0.15, 0.2) is 5.11 Å². The number of anilines is 1. The quantitative estimate of drug-likeness (QED) is 0.468. The predicted molar refractivity (Wildman–Crippen MR) is 111 cm³/mol.